The van der Waals surface area contributed by atoms with Gasteiger partial charge < -0.3 is 0 Å². The number of thiazole rings is 1. The Morgan fingerprint density at radius 2 is 1.86 bits per heavy atom. The van der Waals surface area contributed by atoms with Crippen molar-refractivity contribution in [3.63, 3.8) is 0 Å². The summed E-state index contributed by atoms with van der Waals surface area (Å²) in [7, 11) is 0. The highest BCUT2D eigenvalue weighted by atomic mass is 35.5. The number of hydrogen-bond donors (Lipinski definition) is 1. The maximum Gasteiger partial charge on any atom is 0.145 e. The van der Waals surface area contributed by atoms with Crippen LogP contribution in [0.1, 0.15) is 0 Å². The third-order valence-electron chi connectivity index (χ3n) is 3.39. The summed E-state index contributed by atoms with van der Waals surface area (Å²) in [5.41, 5.74) is 3.68. The lowest BCUT2D eigenvalue weighted by atomic mass is 10.2. The van der Waals surface area contributed by atoms with E-state index in [2.05, 4.69) is 15.2 Å². The van der Waals surface area contributed by atoms with E-state index in [9.17, 15) is 0 Å². The monoisotopic (exact) mass is 345 g/mol. The SMILES string of the molecule is Clc1ccc(-c2csc(-c3n[nH]c4ccccc34)n2)cc1Cl. The van der Waals surface area contributed by atoms with Crippen LogP contribution in [0.3, 0.4) is 0 Å². The first-order chi connectivity index (χ1) is 10.7. The summed E-state index contributed by atoms with van der Waals surface area (Å²) in [4.78, 5) is 4.68. The second-order valence-electron chi connectivity index (χ2n) is 4.78. The number of hydrogen-bond acceptors (Lipinski definition) is 3. The Morgan fingerprint density at radius 1 is 1.00 bits per heavy atom. The molecule has 108 valence electrons. The highest BCUT2D eigenvalue weighted by Gasteiger charge is 2.13. The van der Waals surface area contributed by atoms with Gasteiger partial charge in [-0.3, -0.25) is 5.10 Å². The van der Waals surface area contributed by atoms with Gasteiger partial charge in [-0.15, -0.1) is 11.3 Å². The molecule has 0 aliphatic rings. The van der Waals surface area contributed by atoms with E-state index >= 15 is 0 Å². The van der Waals surface area contributed by atoms with Crippen molar-refractivity contribution in [3.8, 4) is 22.0 Å². The second kappa shape index (κ2) is 5.39. The van der Waals surface area contributed by atoms with Crippen LogP contribution in [-0.2, 0) is 0 Å². The maximum atomic E-state index is 6.07. The lowest BCUT2D eigenvalue weighted by Crippen LogP contribution is -1.81. The Balaban J connectivity index is 1.79. The molecule has 0 saturated carbocycles. The minimum Gasteiger partial charge on any atom is -0.277 e. The van der Waals surface area contributed by atoms with Crippen LogP contribution >= 0.6 is 34.5 Å². The largest absolute Gasteiger partial charge is 0.277 e. The zero-order valence-corrected chi connectivity index (χ0v) is 13.5. The van der Waals surface area contributed by atoms with Gasteiger partial charge in [0.1, 0.15) is 10.7 Å². The molecule has 2 aromatic heterocycles. The molecule has 0 unspecified atom stereocenters. The lowest BCUT2D eigenvalue weighted by Gasteiger charge is -1.99. The minimum absolute atomic E-state index is 0.527. The number of para-hydroxylation sites is 1. The fourth-order valence-electron chi connectivity index (χ4n) is 2.30. The van der Waals surface area contributed by atoms with Crippen molar-refractivity contribution in [3.05, 3.63) is 57.9 Å². The number of halogens is 2. The number of nitrogens with zero attached hydrogens (tertiary/aromatic N) is 2. The van der Waals surface area contributed by atoms with Gasteiger partial charge in [0.2, 0.25) is 0 Å². The van der Waals surface area contributed by atoms with E-state index in [1.165, 1.54) is 0 Å². The molecule has 0 radical (unpaired) electrons. The first-order valence-electron chi connectivity index (χ1n) is 6.57. The number of fused-ring (bicyclic) bond motifs is 1. The molecule has 6 heteroatoms. The van der Waals surface area contributed by atoms with Crippen LogP contribution in [0.2, 0.25) is 10.0 Å². The topological polar surface area (TPSA) is 41.6 Å². The van der Waals surface area contributed by atoms with E-state index in [1.54, 1.807) is 17.4 Å². The lowest BCUT2D eigenvalue weighted by molar-refractivity contribution is 1.12. The normalized spacial score (nSPS) is 11.2. The molecule has 0 aliphatic heterocycles. The number of benzene rings is 2. The summed E-state index contributed by atoms with van der Waals surface area (Å²) >= 11 is 13.6. The summed E-state index contributed by atoms with van der Waals surface area (Å²) in [5.74, 6) is 0. The number of nitrogens with one attached hydrogen (secondary N) is 1. The summed E-state index contributed by atoms with van der Waals surface area (Å²) in [6, 6.07) is 13.5. The first kappa shape index (κ1) is 13.8. The van der Waals surface area contributed by atoms with Crippen molar-refractivity contribution in [2.24, 2.45) is 0 Å². The number of aromatic nitrogens is 3. The van der Waals surface area contributed by atoms with Gasteiger partial charge in [-0.1, -0.05) is 47.5 Å². The average molecular weight is 346 g/mol. The predicted molar refractivity (Wildman–Crippen MR) is 92.7 cm³/mol. The highest BCUT2D eigenvalue weighted by molar-refractivity contribution is 7.13. The number of H-pyrrole nitrogens is 1. The fraction of sp³-hybridized carbons (Fsp3) is 0. The van der Waals surface area contributed by atoms with Gasteiger partial charge in [0.25, 0.3) is 0 Å². The summed E-state index contributed by atoms with van der Waals surface area (Å²) < 4.78 is 0. The standard InChI is InChI=1S/C16H9Cl2N3S/c17-11-6-5-9(7-12(11)18)14-8-22-16(19-14)15-10-3-1-2-4-13(10)20-21-15/h1-8H,(H,20,21). The van der Waals surface area contributed by atoms with Crippen LogP contribution in [0.5, 0.6) is 0 Å². The van der Waals surface area contributed by atoms with Crippen molar-refractivity contribution in [2.75, 3.05) is 0 Å². The van der Waals surface area contributed by atoms with Crippen LogP contribution in [0.4, 0.5) is 0 Å². The van der Waals surface area contributed by atoms with Crippen molar-refractivity contribution >= 4 is 45.4 Å². The summed E-state index contributed by atoms with van der Waals surface area (Å²) in [6.07, 6.45) is 0. The Bertz CT molecular complexity index is 974. The zero-order chi connectivity index (χ0) is 15.1. The van der Waals surface area contributed by atoms with Gasteiger partial charge in [-0.25, -0.2) is 4.98 Å². The van der Waals surface area contributed by atoms with Crippen LogP contribution in [0.15, 0.2) is 47.8 Å². The van der Waals surface area contributed by atoms with Crippen LogP contribution in [-0.4, -0.2) is 15.2 Å². The summed E-state index contributed by atoms with van der Waals surface area (Å²) in [6.45, 7) is 0. The Kier molecular flexibility index (Phi) is 3.37. The van der Waals surface area contributed by atoms with Crippen molar-refractivity contribution < 1.29 is 0 Å². The quantitative estimate of drug-likeness (QED) is 0.509. The van der Waals surface area contributed by atoms with E-state index in [0.29, 0.717) is 10.0 Å². The highest BCUT2D eigenvalue weighted by Crippen LogP contribution is 2.33. The molecule has 0 spiro atoms. The summed E-state index contributed by atoms with van der Waals surface area (Å²) in [5, 5.41) is 12.4. The molecular weight excluding hydrogens is 337 g/mol. The maximum absolute atomic E-state index is 6.07. The molecule has 3 nitrogen and oxygen atoms in total. The molecule has 0 saturated heterocycles. The molecule has 0 fully saturated rings. The third kappa shape index (κ3) is 2.29. The van der Waals surface area contributed by atoms with E-state index < -0.39 is 0 Å². The molecule has 22 heavy (non-hydrogen) atoms. The molecule has 2 aromatic carbocycles. The van der Waals surface area contributed by atoms with Crippen LogP contribution in [0.25, 0.3) is 32.9 Å². The molecule has 0 aliphatic carbocycles. The van der Waals surface area contributed by atoms with Crippen molar-refractivity contribution in [1.82, 2.24) is 15.2 Å². The predicted octanol–water partition coefficient (Wildman–Crippen LogP) is 5.66. The van der Waals surface area contributed by atoms with E-state index in [4.69, 9.17) is 23.2 Å². The molecule has 0 atom stereocenters. The molecular formula is C16H9Cl2N3S. The zero-order valence-electron chi connectivity index (χ0n) is 11.2. The van der Waals surface area contributed by atoms with Crippen molar-refractivity contribution in [1.29, 1.82) is 0 Å². The number of aromatic amines is 1. The van der Waals surface area contributed by atoms with Gasteiger partial charge in [-0.2, -0.15) is 5.10 Å². The van der Waals surface area contributed by atoms with Crippen LogP contribution < -0.4 is 0 Å². The van der Waals surface area contributed by atoms with Gasteiger partial charge in [-0.05, 0) is 18.2 Å². The van der Waals surface area contributed by atoms with E-state index in [0.717, 1.165) is 32.9 Å². The van der Waals surface area contributed by atoms with Gasteiger partial charge >= 0.3 is 0 Å². The molecule has 4 aromatic rings. The van der Waals surface area contributed by atoms with Gasteiger partial charge in [0.05, 0.1) is 21.3 Å². The number of rotatable bonds is 2. The van der Waals surface area contributed by atoms with Gasteiger partial charge in [0, 0.05) is 16.3 Å². The van der Waals surface area contributed by atoms with E-state index in [1.807, 2.05) is 41.8 Å². The van der Waals surface area contributed by atoms with Crippen LogP contribution in [0, 0.1) is 0 Å². The van der Waals surface area contributed by atoms with Gasteiger partial charge in [0.15, 0.2) is 0 Å². The molecule has 0 bridgehead atoms. The first-order valence-corrected chi connectivity index (χ1v) is 8.20. The fourth-order valence-corrected chi connectivity index (χ4v) is 3.43. The van der Waals surface area contributed by atoms with E-state index in [-0.39, 0.29) is 0 Å². The second-order valence-corrected chi connectivity index (χ2v) is 6.46. The molecule has 2 heterocycles. The average Bonchev–Trinajstić information content (AvgIpc) is 3.16. The molecule has 1 N–H and O–H groups in total. The Morgan fingerprint density at radius 3 is 2.73 bits per heavy atom. The smallest absolute Gasteiger partial charge is 0.145 e. The minimum atomic E-state index is 0.527. The Hall–Kier alpha value is -1.88. The Labute approximate surface area is 140 Å². The molecule has 4 rings (SSSR count). The van der Waals surface area contributed by atoms with Crippen molar-refractivity contribution in [2.45, 2.75) is 0 Å². The molecule has 0 amide bonds. The third-order valence-corrected chi connectivity index (χ3v) is 4.98.